The van der Waals surface area contributed by atoms with Gasteiger partial charge in [0.05, 0.1) is 32.6 Å². The summed E-state index contributed by atoms with van der Waals surface area (Å²) in [5, 5.41) is 5.69. The average Bonchev–Trinajstić information content (AvgIpc) is 2.86. The number of benzene rings is 3. The third kappa shape index (κ3) is 6.33. The number of fused-ring (bicyclic) bond motifs is 1. The van der Waals surface area contributed by atoms with Gasteiger partial charge in [-0.25, -0.2) is 4.79 Å². The molecule has 1 aliphatic heterocycles. The molecule has 7 heteroatoms. The molecule has 1 aliphatic rings. The predicted molar refractivity (Wildman–Crippen MR) is 137 cm³/mol. The third-order valence-corrected chi connectivity index (χ3v) is 5.48. The van der Waals surface area contributed by atoms with Crippen LogP contribution < -0.4 is 24.8 Å². The first kappa shape index (κ1) is 24.2. The van der Waals surface area contributed by atoms with Crippen LogP contribution in [0, 0.1) is 0 Å². The summed E-state index contributed by atoms with van der Waals surface area (Å²) >= 11 is 0. The maximum Gasteiger partial charge on any atom is 0.323 e. The molecular weight excluding hydrogens is 444 g/mol. The third-order valence-electron chi connectivity index (χ3n) is 5.48. The van der Waals surface area contributed by atoms with Crippen molar-refractivity contribution in [3.05, 3.63) is 83.9 Å². The Kier molecular flexibility index (Phi) is 7.57. The van der Waals surface area contributed by atoms with Crippen molar-refractivity contribution in [2.45, 2.75) is 26.1 Å². The Labute approximate surface area is 205 Å². The topological polar surface area (TPSA) is 78.1 Å². The van der Waals surface area contributed by atoms with Gasteiger partial charge in [-0.1, -0.05) is 30.3 Å². The minimum absolute atomic E-state index is 0.352. The zero-order chi connectivity index (χ0) is 24.7. The van der Waals surface area contributed by atoms with Crippen LogP contribution in [-0.4, -0.2) is 32.0 Å². The first-order valence-electron chi connectivity index (χ1n) is 11.5. The van der Waals surface area contributed by atoms with Crippen LogP contribution in [0.5, 0.6) is 17.2 Å². The van der Waals surface area contributed by atoms with Crippen LogP contribution >= 0.6 is 0 Å². The fourth-order valence-electron chi connectivity index (χ4n) is 3.71. The Bertz CT molecular complexity index is 1190. The van der Waals surface area contributed by atoms with E-state index in [0.29, 0.717) is 36.9 Å². The standard InChI is InChI=1S/C28H30N2O5/c1-4-34-26-8-6-5-7-24(26)30-27(31)29-22-11-14-25-21(17-22)15-16-28(2,35-25)19-33-18-20-9-12-23(32-3)13-10-20/h5-17H,4,18-19H2,1-3H3,(H2,29,30,31). The van der Waals surface area contributed by atoms with E-state index in [1.165, 1.54) is 0 Å². The second-order valence-electron chi connectivity index (χ2n) is 8.35. The van der Waals surface area contributed by atoms with Gasteiger partial charge >= 0.3 is 6.03 Å². The van der Waals surface area contributed by atoms with Crippen molar-refractivity contribution in [1.82, 2.24) is 0 Å². The van der Waals surface area contributed by atoms with Gasteiger partial charge in [-0.15, -0.1) is 0 Å². The Morgan fingerprint density at radius 1 is 1.03 bits per heavy atom. The van der Waals surface area contributed by atoms with Gasteiger partial charge in [0.1, 0.15) is 22.8 Å². The molecule has 1 heterocycles. The molecule has 0 saturated heterocycles. The number of methoxy groups -OCH3 is 1. The van der Waals surface area contributed by atoms with E-state index in [4.69, 9.17) is 18.9 Å². The molecule has 182 valence electrons. The number of rotatable bonds is 9. The van der Waals surface area contributed by atoms with E-state index < -0.39 is 5.60 Å². The summed E-state index contributed by atoms with van der Waals surface area (Å²) < 4.78 is 22.9. The molecule has 7 nitrogen and oxygen atoms in total. The minimum atomic E-state index is -0.589. The number of para-hydroxylation sites is 2. The molecule has 1 unspecified atom stereocenters. The molecule has 3 aromatic rings. The smallest absolute Gasteiger partial charge is 0.323 e. The van der Waals surface area contributed by atoms with Crippen molar-refractivity contribution in [1.29, 1.82) is 0 Å². The van der Waals surface area contributed by atoms with Crippen molar-refractivity contribution in [2.24, 2.45) is 0 Å². The lowest BCUT2D eigenvalue weighted by Gasteiger charge is -2.31. The fraction of sp³-hybridized carbons (Fsp3) is 0.250. The zero-order valence-electron chi connectivity index (χ0n) is 20.2. The number of carbonyl (C=O) groups is 1. The molecule has 0 aliphatic carbocycles. The molecule has 0 fully saturated rings. The van der Waals surface area contributed by atoms with Gasteiger partial charge in [-0.05, 0) is 68.0 Å². The monoisotopic (exact) mass is 474 g/mol. The molecule has 2 amide bonds. The summed E-state index contributed by atoms with van der Waals surface area (Å²) in [6.07, 6.45) is 3.97. The molecule has 1 atom stereocenters. The molecule has 0 bridgehead atoms. The lowest BCUT2D eigenvalue weighted by molar-refractivity contribution is 0.00631. The number of nitrogens with one attached hydrogen (secondary N) is 2. The van der Waals surface area contributed by atoms with Crippen LogP contribution in [0.3, 0.4) is 0 Å². The average molecular weight is 475 g/mol. The Morgan fingerprint density at radius 2 is 1.83 bits per heavy atom. The zero-order valence-corrected chi connectivity index (χ0v) is 20.2. The van der Waals surface area contributed by atoms with Crippen LogP contribution in [0.4, 0.5) is 16.2 Å². The van der Waals surface area contributed by atoms with E-state index in [2.05, 4.69) is 10.6 Å². The highest BCUT2D eigenvalue weighted by molar-refractivity contribution is 6.00. The second kappa shape index (κ2) is 11.0. The summed E-state index contributed by atoms with van der Waals surface area (Å²) in [6.45, 7) is 5.28. The largest absolute Gasteiger partial charge is 0.497 e. The lowest BCUT2D eigenvalue weighted by Crippen LogP contribution is -2.37. The number of carbonyl (C=O) groups excluding carboxylic acids is 1. The first-order chi connectivity index (χ1) is 17.0. The van der Waals surface area contributed by atoms with Crippen molar-refractivity contribution in [2.75, 3.05) is 31.0 Å². The fourth-order valence-corrected chi connectivity index (χ4v) is 3.71. The van der Waals surface area contributed by atoms with Crippen molar-refractivity contribution >= 4 is 23.5 Å². The molecule has 0 spiro atoms. The highest BCUT2D eigenvalue weighted by Crippen LogP contribution is 2.33. The van der Waals surface area contributed by atoms with E-state index in [9.17, 15) is 4.79 Å². The van der Waals surface area contributed by atoms with E-state index in [0.717, 1.165) is 22.6 Å². The van der Waals surface area contributed by atoms with Crippen LogP contribution in [0.25, 0.3) is 6.08 Å². The predicted octanol–water partition coefficient (Wildman–Crippen LogP) is 6.12. The quantitative estimate of drug-likeness (QED) is 0.391. The van der Waals surface area contributed by atoms with Crippen LogP contribution in [0.1, 0.15) is 25.0 Å². The van der Waals surface area contributed by atoms with E-state index in [-0.39, 0.29) is 6.03 Å². The Hall–Kier alpha value is -3.97. The van der Waals surface area contributed by atoms with Gasteiger partial charge in [0.25, 0.3) is 0 Å². The second-order valence-corrected chi connectivity index (χ2v) is 8.35. The molecular formula is C28H30N2O5. The Balaban J connectivity index is 1.33. The number of amides is 2. The van der Waals surface area contributed by atoms with Crippen molar-refractivity contribution < 1.29 is 23.7 Å². The van der Waals surface area contributed by atoms with Gasteiger partial charge in [0.2, 0.25) is 0 Å². The molecule has 0 radical (unpaired) electrons. The maximum atomic E-state index is 12.5. The number of anilines is 2. The number of hydrogen-bond donors (Lipinski definition) is 2. The van der Waals surface area contributed by atoms with Crippen LogP contribution in [0.15, 0.2) is 72.8 Å². The van der Waals surface area contributed by atoms with Gasteiger partial charge in [0.15, 0.2) is 0 Å². The highest BCUT2D eigenvalue weighted by Gasteiger charge is 2.28. The van der Waals surface area contributed by atoms with Crippen LogP contribution in [-0.2, 0) is 11.3 Å². The van der Waals surface area contributed by atoms with E-state index in [1.807, 2.05) is 86.7 Å². The molecule has 0 saturated carbocycles. The molecule has 3 aromatic carbocycles. The number of urea groups is 1. The minimum Gasteiger partial charge on any atom is -0.497 e. The summed E-state index contributed by atoms with van der Waals surface area (Å²) in [5.74, 6) is 2.17. The van der Waals surface area contributed by atoms with Gasteiger partial charge < -0.3 is 29.6 Å². The first-order valence-corrected chi connectivity index (χ1v) is 11.5. The molecule has 4 rings (SSSR count). The summed E-state index contributed by atoms with van der Waals surface area (Å²) in [5.41, 5.74) is 2.62. The van der Waals surface area contributed by atoms with Gasteiger partial charge in [0, 0.05) is 11.3 Å². The maximum absolute atomic E-state index is 12.5. The normalized spacial score (nSPS) is 16.1. The summed E-state index contributed by atoms with van der Waals surface area (Å²) in [6, 6.07) is 20.3. The van der Waals surface area contributed by atoms with Crippen molar-refractivity contribution in [3.63, 3.8) is 0 Å². The number of hydrogen-bond acceptors (Lipinski definition) is 5. The van der Waals surface area contributed by atoms with Gasteiger partial charge in [-0.3, -0.25) is 0 Å². The lowest BCUT2D eigenvalue weighted by atomic mass is 10.0. The molecule has 2 N–H and O–H groups in total. The molecule has 35 heavy (non-hydrogen) atoms. The SMILES string of the molecule is CCOc1ccccc1NC(=O)Nc1ccc2c(c1)C=CC(C)(COCc1ccc(OC)cc1)O2. The molecule has 0 aromatic heterocycles. The van der Waals surface area contributed by atoms with E-state index in [1.54, 1.807) is 13.2 Å². The van der Waals surface area contributed by atoms with Gasteiger partial charge in [-0.2, -0.15) is 0 Å². The highest BCUT2D eigenvalue weighted by atomic mass is 16.5. The van der Waals surface area contributed by atoms with Crippen molar-refractivity contribution in [3.8, 4) is 17.2 Å². The van der Waals surface area contributed by atoms with Crippen LogP contribution in [0.2, 0.25) is 0 Å². The summed E-state index contributed by atoms with van der Waals surface area (Å²) in [7, 11) is 1.65. The van der Waals surface area contributed by atoms with E-state index >= 15 is 0 Å². The summed E-state index contributed by atoms with van der Waals surface area (Å²) in [4.78, 5) is 12.5. The number of ether oxygens (including phenoxy) is 4. The Morgan fingerprint density at radius 3 is 2.60 bits per heavy atom.